The molecule has 0 aliphatic carbocycles. The Kier molecular flexibility index (Phi) is 5.81. The van der Waals surface area contributed by atoms with Crippen LogP contribution in [0.3, 0.4) is 0 Å². The second kappa shape index (κ2) is 7.84. The first-order valence-electron chi connectivity index (χ1n) is 6.95. The van der Waals surface area contributed by atoms with Crippen LogP contribution in [-0.2, 0) is 13.0 Å². The third-order valence-corrected chi connectivity index (χ3v) is 3.68. The summed E-state index contributed by atoms with van der Waals surface area (Å²) in [6, 6.07) is 16.1. The lowest BCUT2D eigenvalue weighted by molar-refractivity contribution is 0.240. The molecule has 0 radical (unpaired) electrons. The number of hydrogen-bond donors (Lipinski definition) is 2. The van der Waals surface area contributed by atoms with Gasteiger partial charge in [-0.2, -0.15) is 0 Å². The lowest BCUT2D eigenvalue weighted by atomic mass is 10.1. The van der Waals surface area contributed by atoms with E-state index < -0.39 is 0 Å². The third-order valence-electron chi connectivity index (χ3n) is 3.15. The highest BCUT2D eigenvalue weighted by molar-refractivity contribution is 9.10. The molecule has 2 aromatic rings. The van der Waals surface area contributed by atoms with Crippen LogP contribution in [0.1, 0.15) is 16.7 Å². The standard InChI is InChI=1S/C17H19BrN2O/c1-13-3-2-4-15(11-13)12-20-17(21)19-10-9-14-5-7-16(18)8-6-14/h2-8,11H,9-10,12H2,1H3,(H2,19,20,21). The minimum absolute atomic E-state index is 0.131. The van der Waals surface area contributed by atoms with Crippen molar-refractivity contribution in [2.45, 2.75) is 19.9 Å². The number of carbonyl (C=O) groups excluding carboxylic acids is 1. The van der Waals surface area contributed by atoms with Crippen LogP contribution in [0.4, 0.5) is 4.79 Å². The van der Waals surface area contributed by atoms with Crippen molar-refractivity contribution in [1.82, 2.24) is 10.6 Å². The number of urea groups is 1. The van der Waals surface area contributed by atoms with Crippen LogP contribution in [0.5, 0.6) is 0 Å². The van der Waals surface area contributed by atoms with Crippen molar-refractivity contribution in [3.05, 3.63) is 69.7 Å². The average molecular weight is 347 g/mol. The van der Waals surface area contributed by atoms with Crippen molar-refractivity contribution >= 4 is 22.0 Å². The summed E-state index contributed by atoms with van der Waals surface area (Å²) in [6.07, 6.45) is 0.825. The molecule has 0 atom stereocenters. The van der Waals surface area contributed by atoms with Crippen LogP contribution in [-0.4, -0.2) is 12.6 Å². The fraction of sp³-hybridized carbons (Fsp3) is 0.235. The second-order valence-electron chi connectivity index (χ2n) is 4.97. The van der Waals surface area contributed by atoms with Gasteiger partial charge in [-0.1, -0.05) is 57.9 Å². The topological polar surface area (TPSA) is 41.1 Å². The van der Waals surface area contributed by atoms with Gasteiger partial charge in [-0.05, 0) is 36.6 Å². The minimum atomic E-state index is -0.131. The molecule has 0 saturated carbocycles. The van der Waals surface area contributed by atoms with Crippen LogP contribution in [0.25, 0.3) is 0 Å². The van der Waals surface area contributed by atoms with Crippen LogP contribution < -0.4 is 10.6 Å². The van der Waals surface area contributed by atoms with Crippen molar-refractivity contribution in [1.29, 1.82) is 0 Å². The Morgan fingerprint density at radius 2 is 1.81 bits per heavy atom. The zero-order valence-electron chi connectivity index (χ0n) is 12.0. The molecular formula is C17H19BrN2O. The molecule has 0 aliphatic rings. The first-order chi connectivity index (χ1) is 10.1. The third kappa shape index (κ3) is 5.60. The normalized spacial score (nSPS) is 10.2. The predicted octanol–water partition coefficient (Wildman–Crippen LogP) is 3.80. The SMILES string of the molecule is Cc1cccc(CNC(=O)NCCc2ccc(Br)cc2)c1. The van der Waals surface area contributed by atoms with E-state index in [1.54, 1.807) is 0 Å². The van der Waals surface area contributed by atoms with Gasteiger partial charge in [-0.15, -0.1) is 0 Å². The predicted molar refractivity (Wildman–Crippen MR) is 89.3 cm³/mol. The Hall–Kier alpha value is -1.81. The molecular weight excluding hydrogens is 328 g/mol. The number of benzene rings is 2. The molecule has 2 amide bonds. The van der Waals surface area contributed by atoms with E-state index >= 15 is 0 Å². The first kappa shape index (κ1) is 15.6. The van der Waals surface area contributed by atoms with E-state index in [1.165, 1.54) is 11.1 Å². The van der Waals surface area contributed by atoms with Gasteiger partial charge in [0.05, 0.1) is 0 Å². The van der Waals surface area contributed by atoms with Gasteiger partial charge in [0, 0.05) is 17.6 Å². The van der Waals surface area contributed by atoms with Crippen molar-refractivity contribution in [3.8, 4) is 0 Å². The van der Waals surface area contributed by atoms with Crippen molar-refractivity contribution < 1.29 is 4.79 Å². The van der Waals surface area contributed by atoms with Crippen LogP contribution in [0, 0.1) is 6.92 Å². The molecule has 0 bridgehead atoms. The molecule has 3 nitrogen and oxygen atoms in total. The summed E-state index contributed by atoms with van der Waals surface area (Å²) in [6.45, 7) is 3.22. The lowest BCUT2D eigenvalue weighted by Gasteiger charge is -2.08. The van der Waals surface area contributed by atoms with E-state index in [-0.39, 0.29) is 6.03 Å². The quantitative estimate of drug-likeness (QED) is 0.849. The molecule has 21 heavy (non-hydrogen) atoms. The maximum absolute atomic E-state index is 11.7. The van der Waals surface area contributed by atoms with Gasteiger partial charge in [0.15, 0.2) is 0 Å². The maximum Gasteiger partial charge on any atom is 0.315 e. The zero-order chi connectivity index (χ0) is 15.1. The summed E-state index contributed by atoms with van der Waals surface area (Å²) in [5, 5.41) is 5.73. The van der Waals surface area contributed by atoms with Gasteiger partial charge >= 0.3 is 6.03 Å². The van der Waals surface area contributed by atoms with E-state index in [1.807, 2.05) is 37.3 Å². The Morgan fingerprint density at radius 1 is 1.05 bits per heavy atom. The van der Waals surface area contributed by atoms with E-state index in [0.717, 1.165) is 16.5 Å². The van der Waals surface area contributed by atoms with Crippen molar-refractivity contribution in [3.63, 3.8) is 0 Å². The van der Waals surface area contributed by atoms with Gasteiger partial charge in [0.1, 0.15) is 0 Å². The van der Waals surface area contributed by atoms with Gasteiger partial charge < -0.3 is 10.6 Å². The second-order valence-corrected chi connectivity index (χ2v) is 5.89. The molecule has 0 unspecified atom stereocenters. The summed E-state index contributed by atoms with van der Waals surface area (Å²) < 4.78 is 1.06. The largest absolute Gasteiger partial charge is 0.338 e. The molecule has 0 aromatic heterocycles. The highest BCUT2D eigenvalue weighted by Crippen LogP contribution is 2.10. The molecule has 110 valence electrons. The Balaban J connectivity index is 1.69. The molecule has 0 aliphatic heterocycles. The number of hydrogen-bond acceptors (Lipinski definition) is 1. The summed E-state index contributed by atoms with van der Waals surface area (Å²) >= 11 is 3.40. The van der Waals surface area contributed by atoms with E-state index in [2.05, 4.69) is 44.8 Å². The number of rotatable bonds is 5. The molecule has 0 saturated heterocycles. The van der Waals surface area contributed by atoms with Gasteiger partial charge in [-0.25, -0.2) is 4.79 Å². The molecule has 0 fully saturated rings. The van der Waals surface area contributed by atoms with E-state index in [4.69, 9.17) is 0 Å². The fourth-order valence-electron chi connectivity index (χ4n) is 2.04. The highest BCUT2D eigenvalue weighted by Gasteiger charge is 2.00. The zero-order valence-corrected chi connectivity index (χ0v) is 13.6. The number of aryl methyl sites for hydroxylation is 1. The minimum Gasteiger partial charge on any atom is -0.338 e. The van der Waals surface area contributed by atoms with Gasteiger partial charge in [0.2, 0.25) is 0 Å². The average Bonchev–Trinajstić information content (AvgIpc) is 2.47. The number of nitrogens with one attached hydrogen (secondary N) is 2. The molecule has 0 heterocycles. The highest BCUT2D eigenvalue weighted by atomic mass is 79.9. The summed E-state index contributed by atoms with van der Waals surface area (Å²) in [5.41, 5.74) is 3.51. The molecule has 2 aromatic carbocycles. The summed E-state index contributed by atoms with van der Waals surface area (Å²) in [5.74, 6) is 0. The molecule has 2 N–H and O–H groups in total. The molecule has 0 spiro atoms. The Morgan fingerprint density at radius 3 is 2.52 bits per heavy atom. The van der Waals surface area contributed by atoms with Crippen LogP contribution in [0.15, 0.2) is 53.0 Å². The summed E-state index contributed by atoms with van der Waals surface area (Å²) in [7, 11) is 0. The number of carbonyl (C=O) groups is 1. The van der Waals surface area contributed by atoms with Gasteiger partial charge in [-0.3, -0.25) is 0 Å². The molecule has 2 rings (SSSR count). The van der Waals surface area contributed by atoms with Gasteiger partial charge in [0.25, 0.3) is 0 Å². The Labute approximate surface area is 133 Å². The summed E-state index contributed by atoms with van der Waals surface area (Å²) in [4.78, 5) is 11.7. The van der Waals surface area contributed by atoms with Crippen LogP contribution in [0.2, 0.25) is 0 Å². The smallest absolute Gasteiger partial charge is 0.315 e. The van der Waals surface area contributed by atoms with E-state index in [9.17, 15) is 4.79 Å². The first-order valence-corrected chi connectivity index (χ1v) is 7.74. The van der Waals surface area contributed by atoms with E-state index in [0.29, 0.717) is 13.1 Å². The van der Waals surface area contributed by atoms with Crippen LogP contribution >= 0.6 is 15.9 Å². The van der Waals surface area contributed by atoms with Crippen molar-refractivity contribution in [2.75, 3.05) is 6.54 Å². The monoisotopic (exact) mass is 346 g/mol. The Bertz CT molecular complexity index is 596. The lowest BCUT2D eigenvalue weighted by Crippen LogP contribution is -2.36. The molecule has 4 heteroatoms. The number of amides is 2. The number of halogens is 1. The fourth-order valence-corrected chi connectivity index (χ4v) is 2.30. The van der Waals surface area contributed by atoms with Crippen molar-refractivity contribution in [2.24, 2.45) is 0 Å². The maximum atomic E-state index is 11.7.